The summed E-state index contributed by atoms with van der Waals surface area (Å²) in [6.07, 6.45) is -3.00. The van der Waals surface area contributed by atoms with Gasteiger partial charge in [-0.05, 0) is 37.3 Å². The minimum Gasteiger partial charge on any atom is -0.494 e. The van der Waals surface area contributed by atoms with E-state index in [4.69, 9.17) is 4.74 Å². The van der Waals surface area contributed by atoms with Gasteiger partial charge in [0.1, 0.15) is 10.8 Å². The number of carbonyl (C=O) groups excluding carboxylic acids is 1. The summed E-state index contributed by atoms with van der Waals surface area (Å²) in [6.45, 7) is 2.41. The first-order valence-corrected chi connectivity index (χ1v) is 9.65. The van der Waals surface area contributed by atoms with Gasteiger partial charge in [-0.1, -0.05) is 23.1 Å². The minimum absolute atomic E-state index is 0.0204. The van der Waals surface area contributed by atoms with Crippen molar-refractivity contribution in [2.45, 2.75) is 18.1 Å². The number of alkyl halides is 3. The van der Waals surface area contributed by atoms with Crippen molar-refractivity contribution in [2.24, 2.45) is 0 Å². The molecular formula is C17H14F3N3O2S2. The molecule has 0 saturated carbocycles. The molecule has 2 aromatic heterocycles. The number of aromatic nitrogens is 2. The number of amides is 1. The second kappa shape index (κ2) is 8.13. The van der Waals surface area contributed by atoms with Crippen LogP contribution in [-0.4, -0.2) is 34.4 Å². The Labute approximate surface area is 161 Å². The van der Waals surface area contributed by atoms with Crippen LogP contribution in [0.15, 0.2) is 41.6 Å². The molecule has 1 aromatic carbocycles. The van der Waals surface area contributed by atoms with Gasteiger partial charge in [0.25, 0.3) is 5.91 Å². The Kier molecular flexibility index (Phi) is 5.85. The summed E-state index contributed by atoms with van der Waals surface area (Å²) in [4.78, 5) is 20.7. The van der Waals surface area contributed by atoms with E-state index in [9.17, 15) is 18.0 Å². The van der Waals surface area contributed by atoms with Crippen molar-refractivity contribution in [1.82, 2.24) is 9.97 Å². The lowest BCUT2D eigenvalue weighted by Crippen LogP contribution is -2.15. The van der Waals surface area contributed by atoms with Crippen molar-refractivity contribution in [3.63, 3.8) is 0 Å². The van der Waals surface area contributed by atoms with Gasteiger partial charge in [-0.3, -0.25) is 10.1 Å². The zero-order valence-corrected chi connectivity index (χ0v) is 15.7. The van der Waals surface area contributed by atoms with Crippen molar-refractivity contribution >= 4 is 44.4 Å². The molecule has 142 valence electrons. The molecule has 0 saturated heterocycles. The van der Waals surface area contributed by atoms with Crippen molar-refractivity contribution in [3.05, 3.63) is 42.1 Å². The molecular weight excluding hydrogens is 399 g/mol. The summed E-state index contributed by atoms with van der Waals surface area (Å²) in [5.41, 5.74) is 0.762. The SMILES string of the molecule is CCOc1ccc2nc(NC(=O)c3cccnc3SCC(F)(F)F)sc2c1. The van der Waals surface area contributed by atoms with Crippen LogP contribution in [0.5, 0.6) is 5.75 Å². The quantitative estimate of drug-likeness (QED) is 0.577. The second-order valence-corrected chi connectivity index (χ2v) is 7.29. The number of nitrogens with one attached hydrogen (secondary N) is 1. The first kappa shape index (κ1) is 19.4. The van der Waals surface area contributed by atoms with Gasteiger partial charge in [0.2, 0.25) is 0 Å². The number of thiazole rings is 1. The number of carbonyl (C=O) groups is 1. The number of ether oxygens (including phenoxy) is 1. The van der Waals surface area contributed by atoms with Gasteiger partial charge in [-0.2, -0.15) is 13.2 Å². The van der Waals surface area contributed by atoms with E-state index >= 15 is 0 Å². The van der Waals surface area contributed by atoms with Crippen LogP contribution in [-0.2, 0) is 0 Å². The third kappa shape index (κ3) is 5.10. The maximum absolute atomic E-state index is 12.5. The summed E-state index contributed by atoms with van der Waals surface area (Å²) in [7, 11) is 0. The molecule has 1 N–H and O–H groups in total. The number of thioether (sulfide) groups is 1. The van der Waals surface area contributed by atoms with Gasteiger partial charge >= 0.3 is 6.18 Å². The molecule has 0 fully saturated rings. The van der Waals surface area contributed by atoms with Gasteiger partial charge in [-0.25, -0.2) is 9.97 Å². The normalized spacial score (nSPS) is 11.6. The lowest BCUT2D eigenvalue weighted by atomic mass is 10.3. The lowest BCUT2D eigenvalue weighted by Gasteiger charge is -2.09. The summed E-state index contributed by atoms with van der Waals surface area (Å²) in [5, 5.41) is 3.00. The molecule has 0 aliphatic rings. The zero-order chi connectivity index (χ0) is 19.4. The number of hydrogen-bond acceptors (Lipinski definition) is 6. The molecule has 10 heteroatoms. The van der Waals surface area contributed by atoms with E-state index in [0.717, 1.165) is 4.70 Å². The minimum atomic E-state index is -4.35. The average Bonchev–Trinajstić information content (AvgIpc) is 3.01. The molecule has 0 bridgehead atoms. The van der Waals surface area contributed by atoms with E-state index in [2.05, 4.69) is 15.3 Å². The standard InChI is InChI=1S/C17H14F3N3O2S2/c1-2-25-10-5-6-12-13(8-10)27-16(22-12)23-14(24)11-4-3-7-21-15(11)26-9-17(18,19)20/h3-8H,2,9H2,1H3,(H,22,23,24). The Morgan fingerprint density at radius 3 is 2.89 bits per heavy atom. The fourth-order valence-electron chi connectivity index (χ4n) is 2.21. The highest BCUT2D eigenvalue weighted by atomic mass is 32.2. The summed E-state index contributed by atoms with van der Waals surface area (Å²) in [6, 6.07) is 8.31. The van der Waals surface area contributed by atoms with Gasteiger partial charge in [0.15, 0.2) is 5.13 Å². The topological polar surface area (TPSA) is 64.1 Å². The largest absolute Gasteiger partial charge is 0.494 e. The third-order valence-electron chi connectivity index (χ3n) is 3.28. The predicted molar refractivity (Wildman–Crippen MR) is 99.8 cm³/mol. The van der Waals surface area contributed by atoms with Crippen LogP contribution in [0.3, 0.4) is 0 Å². The van der Waals surface area contributed by atoms with E-state index < -0.39 is 17.8 Å². The molecule has 0 aliphatic carbocycles. The van der Waals surface area contributed by atoms with Crippen molar-refractivity contribution in [3.8, 4) is 5.75 Å². The molecule has 0 unspecified atom stereocenters. The maximum Gasteiger partial charge on any atom is 0.398 e. The fraction of sp³-hybridized carbons (Fsp3) is 0.235. The van der Waals surface area contributed by atoms with E-state index in [1.807, 2.05) is 13.0 Å². The van der Waals surface area contributed by atoms with Crippen molar-refractivity contribution in [2.75, 3.05) is 17.7 Å². The second-order valence-electron chi connectivity index (χ2n) is 5.30. The number of fused-ring (bicyclic) bond motifs is 1. The Hall–Kier alpha value is -2.33. The van der Waals surface area contributed by atoms with Gasteiger partial charge < -0.3 is 4.74 Å². The predicted octanol–water partition coefficient (Wildman–Crippen LogP) is 5.00. The number of anilines is 1. The lowest BCUT2D eigenvalue weighted by molar-refractivity contribution is -0.105. The third-order valence-corrected chi connectivity index (χ3v) is 5.28. The summed E-state index contributed by atoms with van der Waals surface area (Å²) in [5.74, 6) is -0.979. The molecule has 0 atom stereocenters. The van der Waals surface area contributed by atoms with E-state index in [1.165, 1.54) is 29.7 Å². The smallest absolute Gasteiger partial charge is 0.398 e. The molecule has 1 amide bonds. The van der Waals surface area contributed by atoms with E-state index in [1.54, 1.807) is 12.1 Å². The average molecular weight is 413 g/mol. The van der Waals surface area contributed by atoms with Gasteiger partial charge in [-0.15, -0.1) is 0 Å². The van der Waals surface area contributed by atoms with E-state index in [0.29, 0.717) is 34.8 Å². The van der Waals surface area contributed by atoms with E-state index in [-0.39, 0.29) is 10.6 Å². The fourth-order valence-corrected chi connectivity index (χ4v) is 3.85. The van der Waals surface area contributed by atoms with Crippen LogP contribution in [0, 0.1) is 0 Å². The number of rotatable bonds is 6. The molecule has 3 aromatic rings. The number of nitrogens with zero attached hydrogens (tertiary/aromatic N) is 2. The molecule has 27 heavy (non-hydrogen) atoms. The Balaban J connectivity index is 1.78. The van der Waals surface area contributed by atoms with Crippen LogP contribution in [0.25, 0.3) is 10.2 Å². The molecule has 0 spiro atoms. The van der Waals surface area contributed by atoms with Crippen molar-refractivity contribution < 1.29 is 22.7 Å². The number of hydrogen-bond donors (Lipinski definition) is 1. The highest BCUT2D eigenvalue weighted by molar-refractivity contribution is 7.99. The Bertz CT molecular complexity index is 960. The summed E-state index contributed by atoms with van der Waals surface area (Å²) >= 11 is 1.73. The zero-order valence-electron chi connectivity index (χ0n) is 14.0. The first-order valence-electron chi connectivity index (χ1n) is 7.85. The van der Waals surface area contributed by atoms with Crippen LogP contribution in [0.1, 0.15) is 17.3 Å². The van der Waals surface area contributed by atoms with Crippen molar-refractivity contribution in [1.29, 1.82) is 0 Å². The molecule has 3 rings (SSSR count). The number of halogens is 3. The number of pyridine rings is 1. The molecule has 0 aliphatic heterocycles. The Morgan fingerprint density at radius 2 is 2.15 bits per heavy atom. The highest BCUT2D eigenvalue weighted by Gasteiger charge is 2.28. The van der Waals surface area contributed by atoms with Crippen LogP contribution < -0.4 is 10.1 Å². The van der Waals surface area contributed by atoms with Gasteiger partial charge in [0, 0.05) is 6.20 Å². The first-order chi connectivity index (χ1) is 12.9. The molecule has 0 radical (unpaired) electrons. The monoisotopic (exact) mass is 413 g/mol. The van der Waals surface area contributed by atoms with Crippen LogP contribution in [0.2, 0.25) is 0 Å². The summed E-state index contributed by atoms with van der Waals surface area (Å²) < 4.78 is 43.6. The maximum atomic E-state index is 12.5. The number of benzene rings is 1. The Morgan fingerprint density at radius 1 is 1.33 bits per heavy atom. The van der Waals surface area contributed by atoms with Crippen LogP contribution in [0.4, 0.5) is 18.3 Å². The highest BCUT2D eigenvalue weighted by Crippen LogP contribution is 2.31. The molecule has 5 nitrogen and oxygen atoms in total. The molecule has 2 heterocycles. The van der Waals surface area contributed by atoms with Crippen LogP contribution >= 0.6 is 23.1 Å². The van der Waals surface area contributed by atoms with Gasteiger partial charge in [0.05, 0.1) is 28.1 Å².